The van der Waals surface area contributed by atoms with Crippen molar-refractivity contribution < 1.29 is 13.2 Å². The Balaban J connectivity index is 1.58. The molecule has 0 aromatic carbocycles. The molecule has 0 saturated carbocycles. The van der Waals surface area contributed by atoms with E-state index in [0.717, 1.165) is 13.0 Å². The molecule has 3 fully saturated rings. The van der Waals surface area contributed by atoms with Crippen molar-refractivity contribution in [2.24, 2.45) is 0 Å². The topological polar surface area (TPSA) is 49.9 Å². The van der Waals surface area contributed by atoms with E-state index >= 15 is 0 Å². The Morgan fingerprint density at radius 2 is 1.84 bits per heavy atom. The van der Waals surface area contributed by atoms with Gasteiger partial charge in [0.15, 0.2) is 0 Å². The van der Waals surface area contributed by atoms with Gasteiger partial charge in [-0.15, -0.1) is 0 Å². The fraction of sp³-hybridized carbons (Fsp3) is 1.00. The van der Waals surface area contributed by atoms with Crippen molar-refractivity contribution >= 4 is 10.0 Å². The molecule has 3 aliphatic heterocycles. The molecule has 0 aliphatic carbocycles. The average Bonchev–Trinajstić information content (AvgIpc) is 2.95. The van der Waals surface area contributed by atoms with Crippen LogP contribution < -0.4 is 0 Å². The van der Waals surface area contributed by atoms with Crippen molar-refractivity contribution in [3.8, 4) is 0 Å². The molecule has 3 saturated heterocycles. The van der Waals surface area contributed by atoms with Crippen LogP contribution in [0.2, 0.25) is 0 Å². The monoisotopic (exact) mass is 288 g/mol. The molecule has 0 N–H and O–H groups in total. The number of ether oxygens (including phenoxy) is 1. The van der Waals surface area contributed by atoms with E-state index in [1.807, 2.05) is 0 Å². The van der Waals surface area contributed by atoms with Gasteiger partial charge >= 0.3 is 0 Å². The van der Waals surface area contributed by atoms with Gasteiger partial charge in [-0.25, -0.2) is 8.42 Å². The lowest BCUT2D eigenvalue weighted by Crippen LogP contribution is -2.64. The molecule has 3 aliphatic rings. The van der Waals surface area contributed by atoms with Gasteiger partial charge < -0.3 is 4.74 Å². The van der Waals surface area contributed by atoms with Gasteiger partial charge in [-0.1, -0.05) is 0 Å². The summed E-state index contributed by atoms with van der Waals surface area (Å²) in [4.78, 5) is 2.51. The molecule has 0 aromatic heterocycles. The van der Waals surface area contributed by atoms with Crippen LogP contribution in [0, 0.1) is 0 Å². The fourth-order valence-electron chi connectivity index (χ4n) is 3.46. The highest BCUT2D eigenvalue weighted by Gasteiger charge is 2.54. The Labute approximate surface area is 115 Å². The summed E-state index contributed by atoms with van der Waals surface area (Å²) in [6.45, 7) is 7.72. The summed E-state index contributed by atoms with van der Waals surface area (Å²) in [6, 6.07) is 0.506. The second-order valence-electron chi connectivity index (χ2n) is 6.46. The molecule has 1 unspecified atom stereocenters. The van der Waals surface area contributed by atoms with E-state index in [9.17, 15) is 8.42 Å². The summed E-state index contributed by atoms with van der Waals surface area (Å²) in [6.07, 6.45) is 3.58. The van der Waals surface area contributed by atoms with Crippen LogP contribution >= 0.6 is 0 Å². The summed E-state index contributed by atoms with van der Waals surface area (Å²) >= 11 is 0. The highest BCUT2D eigenvalue weighted by Crippen LogP contribution is 2.39. The Hall–Kier alpha value is -0.170. The van der Waals surface area contributed by atoms with E-state index < -0.39 is 10.0 Å². The number of hydrogen-bond acceptors (Lipinski definition) is 4. The van der Waals surface area contributed by atoms with Gasteiger partial charge in [0.05, 0.1) is 17.5 Å². The van der Waals surface area contributed by atoms with Crippen LogP contribution in [0.5, 0.6) is 0 Å². The third-order valence-electron chi connectivity index (χ3n) is 4.73. The molecular weight excluding hydrogens is 264 g/mol. The van der Waals surface area contributed by atoms with Gasteiger partial charge in [-0.3, -0.25) is 4.90 Å². The Morgan fingerprint density at radius 3 is 2.42 bits per heavy atom. The molecular formula is C13H24N2O3S. The van der Waals surface area contributed by atoms with Gasteiger partial charge in [0.25, 0.3) is 0 Å². The van der Waals surface area contributed by atoms with Crippen molar-refractivity contribution in [3.63, 3.8) is 0 Å². The lowest BCUT2D eigenvalue weighted by atomic mass is 9.91. The molecule has 0 amide bonds. The van der Waals surface area contributed by atoms with E-state index in [1.165, 1.54) is 25.9 Å². The first kappa shape index (κ1) is 13.8. The van der Waals surface area contributed by atoms with E-state index in [0.29, 0.717) is 19.1 Å². The molecule has 1 spiro atoms. The molecule has 5 nitrogen and oxygen atoms in total. The number of nitrogens with zero attached hydrogens (tertiary/aromatic N) is 2. The lowest BCUT2D eigenvalue weighted by molar-refractivity contribution is -0.0776. The standard InChI is InChI=1S/C13H24N2O3S/c1-11(2)19(16,17)15-9-13(10-15)7-12(8-18-13)14-5-3-4-6-14/h11-12H,3-10H2,1-2H3. The van der Waals surface area contributed by atoms with E-state index in [2.05, 4.69) is 4.90 Å². The highest BCUT2D eigenvalue weighted by atomic mass is 32.2. The largest absolute Gasteiger partial charge is 0.371 e. The minimum Gasteiger partial charge on any atom is -0.371 e. The molecule has 19 heavy (non-hydrogen) atoms. The van der Waals surface area contributed by atoms with Crippen LogP contribution in [0.1, 0.15) is 33.1 Å². The SMILES string of the molecule is CC(C)S(=O)(=O)N1CC2(CC(N3CCCC3)CO2)C1. The maximum Gasteiger partial charge on any atom is 0.216 e. The van der Waals surface area contributed by atoms with Crippen molar-refractivity contribution in [1.82, 2.24) is 9.21 Å². The molecule has 0 bridgehead atoms. The first-order chi connectivity index (χ1) is 8.93. The van der Waals surface area contributed by atoms with Crippen LogP contribution in [-0.2, 0) is 14.8 Å². The Kier molecular flexibility index (Phi) is 3.40. The average molecular weight is 288 g/mol. The third-order valence-corrected chi connectivity index (χ3v) is 6.90. The molecule has 0 radical (unpaired) electrons. The van der Waals surface area contributed by atoms with Gasteiger partial charge in [-0.05, 0) is 46.2 Å². The van der Waals surface area contributed by atoms with Crippen LogP contribution in [0.15, 0.2) is 0 Å². The minimum absolute atomic E-state index is 0.185. The summed E-state index contributed by atoms with van der Waals surface area (Å²) < 4.78 is 31.6. The van der Waals surface area contributed by atoms with E-state index in [-0.39, 0.29) is 10.9 Å². The van der Waals surface area contributed by atoms with Crippen molar-refractivity contribution in [1.29, 1.82) is 0 Å². The predicted octanol–water partition coefficient (Wildman–Crippen LogP) is 0.664. The van der Waals surface area contributed by atoms with E-state index in [1.54, 1.807) is 18.2 Å². The van der Waals surface area contributed by atoms with Gasteiger partial charge in [-0.2, -0.15) is 4.31 Å². The number of hydrogen-bond donors (Lipinski definition) is 0. The summed E-state index contributed by atoms with van der Waals surface area (Å²) in [7, 11) is -3.10. The van der Waals surface area contributed by atoms with E-state index in [4.69, 9.17) is 4.74 Å². The number of sulfonamides is 1. The van der Waals surface area contributed by atoms with Crippen LogP contribution in [0.4, 0.5) is 0 Å². The summed E-state index contributed by atoms with van der Waals surface area (Å²) in [5, 5.41) is -0.333. The zero-order chi connectivity index (χ0) is 13.7. The lowest BCUT2D eigenvalue weighted by Gasteiger charge is -2.46. The highest BCUT2D eigenvalue weighted by molar-refractivity contribution is 7.89. The Bertz CT molecular complexity index is 437. The van der Waals surface area contributed by atoms with Gasteiger partial charge in [0.2, 0.25) is 10.0 Å². The van der Waals surface area contributed by atoms with Crippen molar-refractivity contribution in [2.45, 2.75) is 50.0 Å². The molecule has 110 valence electrons. The Morgan fingerprint density at radius 1 is 1.21 bits per heavy atom. The molecule has 1 atom stereocenters. The number of likely N-dealkylation sites (tertiary alicyclic amines) is 1. The normalized spacial score (nSPS) is 32.3. The van der Waals surface area contributed by atoms with Crippen molar-refractivity contribution in [2.75, 3.05) is 32.8 Å². The number of rotatable bonds is 3. The fourth-order valence-corrected chi connectivity index (χ4v) is 4.88. The van der Waals surface area contributed by atoms with Crippen molar-refractivity contribution in [3.05, 3.63) is 0 Å². The first-order valence-corrected chi connectivity index (χ1v) is 8.80. The van der Waals surface area contributed by atoms with Gasteiger partial charge in [0.1, 0.15) is 0 Å². The second kappa shape index (κ2) is 4.69. The summed E-state index contributed by atoms with van der Waals surface area (Å²) in [5.74, 6) is 0. The molecule has 3 heterocycles. The maximum absolute atomic E-state index is 12.1. The van der Waals surface area contributed by atoms with Crippen LogP contribution in [0.25, 0.3) is 0 Å². The minimum atomic E-state index is -3.10. The molecule has 0 aromatic rings. The quantitative estimate of drug-likeness (QED) is 0.766. The zero-order valence-corrected chi connectivity index (χ0v) is 12.7. The molecule has 6 heteroatoms. The maximum atomic E-state index is 12.1. The smallest absolute Gasteiger partial charge is 0.216 e. The van der Waals surface area contributed by atoms with Crippen LogP contribution in [-0.4, -0.2) is 67.3 Å². The van der Waals surface area contributed by atoms with Gasteiger partial charge in [0, 0.05) is 19.1 Å². The molecule has 3 rings (SSSR count). The zero-order valence-electron chi connectivity index (χ0n) is 11.8. The van der Waals surface area contributed by atoms with Crippen LogP contribution in [0.3, 0.4) is 0 Å². The third kappa shape index (κ3) is 2.33. The first-order valence-electron chi connectivity index (χ1n) is 7.30. The summed E-state index contributed by atoms with van der Waals surface area (Å²) in [5.41, 5.74) is -0.185. The second-order valence-corrected chi connectivity index (χ2v) is 8.95. The predicted molar refractivity (Wildman–Crippen MR) is 73.5 cm³/mol.